The zero-order valence-corrected chi connectivity index (χ0v) is 13.0. The first-order valence-electron chi connectivity index (χ1n) is 5.70. The molecule has 4 nitrogen and oxygen atoms in total. The Morgan fingerprint density at radius 3 is 2.80 bits per heavy atom. The summed E-state index contributed by atoms with van der Waals surface area (Å²) in [5.74, 6) is -0.472. The lowest BCUT2D eigenvalue weighted by Crippen LogP contribution is -1.97. The third kappa shape index (κ3) is 2.61. The van der Waals surface area contributed by atoms with Gasteiger partial charge in [0, 0.05) is 0 Å². The van der Waals surface area contributed by atoms with Crippen molar-refractivity contribution in [3.63, 3.8) is 0 Å². The molecule has 0 spiro atoms. The van der Waals surface area contributed by atoms with Crippen molar-refractivity contribution in [3.8, 4) is 10.9 Å². The molecule has 0 fully saturated rings. The minimum atomic E-state index is -0.976. The molecule has 100 valence electrons. The molecule has 0 saturated heterocycles. The minimum absolute atomic E-state index is 0.196. The fraction of sp³-hybridized carbons (Fsp3) is 0. The van der Waals surface area contributed by atoms with Crippen LogP contribution in [0.1, 0.15) is 10.4 Å². The van der Waals surface area contributed by atoms with E-state index < -0.39 is 5.97 Å². The van der Waals surface area contributed by atoms with Gasteiger partial charge in [0.25, 0.3) is 5.19 Å². The molecule has 0 bridgehead atoms. The average Bonchev–Trinajstić information content (AvgIpc) is 2.83. The van der Waals surface area contributed by atoms with E-state index in [0.29, 0.717) is 10.9 Å². The van der Waals surface area contributed by atoms with Crippen molar-refractivity contribution in [2.45, 2.75) is 0 Å². The van der Waals surface area contributed by atoms with Gasteiger partial charge in [0.1, 0.15) is 5.75 Å². The van der Waals surface area contributed by atoms with Crippen molar-refractivity contribution < 1.29 is 14.6 Å². The molecule has 1 heterocycles. The zero-order chi connectivity index (χ0) is 14.1. The van der Waals surface area contributed by atoms with Crippen LogP contribution in [0, 0.1) is 3.57 Å². The first kappa shape index (κ1) is 13.3. The number of halogens is 1. The van der Waals surface area contributed by atoms with Crippen LogP contribution in [-0.4, -0.2) is 16.1 Å². The predicted molar refractivity (Wildman–Crippen MR) is 85.8 cm³/mol. The van der Waals surface area contributed by atoms with E-state index in [1.165, 1.54) is 17.4 Å². The van der Waals surface area contributed by atoms with Gasteiger partial charge >= 0.3 is 5.97 Å². The fourth-order valence-electron chi connectivity index (χ4n) is 1.70. The monoisotopic (exact) mass is 397 g/mol. The third-order valence-electron chi connectivity index (χ3n) is 2.65. The summed E-state index contributed by atoms with van der Waals surface area (Å²) in [4.78, 5) is 15.4. The first-order valence-corrected chi connectivity index (χ1v) is 7.59. The molecule has 6 heteroatoms. The second-order valence-corrected chi connectivity index (χ2v) is 6.16. The van der Waals surface area contributed by atoms with Gasteiger partial charge in [0.2, 0.25) is 0 Å². The number of carboxylic acids is 1. The molecule has 1 aromatic heterocycles. The van der Waals surface area contributed by atoms with Crippen LogP contribution in [0.2, 0.25) is 0 Å². The highest BCUT2D eigenvalue weighted by Crippen LogP contribution is 2.33. The van der Waals surface area contributed by atoms with Crippen molar-refractivity contribution in [1.82, 2.24) is 4.98 Å². The molecule has 0 atom stereocenters. The summed E-state index contributed by atoms with van der Waals surface area (Å²) in [7, 11) is 0. The Kier molecular flexibility index (Phi) is 3.58. The number of carbonyl (C=O) groups is 1. The quantitative estimate of drug-likeness (QED) is 0.666. The molecule has 0 unspecified atom stereocenters. The second kappa shape index (κ2) is 5.37. The highest BCUT2D eigenvalue weighted by molar-refractivity contribution is 14.1. The number of aromatic nitrogens is 1. The lowest BCUT2D eigenvalue weighted by atomic mass is 10.2. The predicted octanol–water partition coefficient (Wildman–Crippen LogP) is 4.39. The Morgan fingerprint density at radius 1 is 1.25 bits per heavy atom. The molecular weight excluding hydrogens is 389 g/mol. The maximum atomic E-state index is 11.0. The Balaban J connectivity index is 1.97. The highest BCUT2D eigenvalue weighted by atomic mass is 127. The van der Waals surface area contributed by atoms with Gasteiger partial charge in [0.15, 0.2) is 0 Å². The van der Waals surface area contributed by atoms with Crippen LogP contribution in [0.15, 0.2) is 42.5 Å². The van der Waals surface area contributed by atoms with Crippen molar-refractivity contribution >= 4 is 50.1 Å². The van der Waals surface area contributed by atoms with Crippen LogP contribution < -0.4 is 4.74 Å². The molecule has 0 amide bonds. The molecule has 3 rings (SSSR count). The number of ether oxygens (including phenoxy) is 1. The summed E-state index contributed by atoms with van der Waals surface area (Å²) in [5, 5.41) is 9.52. The van der Waals surface area contributed by atoms with Crippen molar-refractivity contribution in [1.29, 1.82) is 0 Å². The Bertz CT molecular complexity index is 767. The second-order valence-electron chi connectivity index (χ2n) is 4.00. The van der Waals surface area contributed by atoms with E-state index in [9.17, 15) is 4.79 Å². The van der Waals surface area contributed by atoms with Gasteiger partial charge in [0.05, 0.1) is 19.4 Å². The first-order chi connectivity index (χ1) is 9.63. The van der Waals surface area contributed by atoms with Gasteiger partial charge < -0.3 is 9.84 Å². The molecule has 0 saturated carbocycles. The molecule has 2 aromatic carbocycles. The molecule has 0 aliphatic rings. The number of thiazole rings is 1. The number of aromatic carboxylic acids is 1. The summed E-state index contributed by atoms with van der Waals surface area (Å²) in [6, 6.07) is 12.5. The number of benzene rings is 2. The maximum Gasteiger partial charge on any atom is 0.335 e. The van der Waals surface area contributed by atoms with Gasteiger partial charge in [-0.3, -0.25) is 0 Å². The minimum Gasteiger partial charge on any atom is -0.478 e. The Hall–Kier alpha value is -1.67. The molecule has 3 aromatic rings. The smallest absolute Gasteiger partial charge is 0.335 e. The summed E-state index contributed by atoms with van der Waals surface area (Å²) in [6.45, 7) is 0. The largest absolute Gasteiger partial charge is 0.478 e. The van der Waals surface area contributed by atoms with Gasteiger partial charge in [-0.2, -0.15) is 0 Å². The molecule has 0 aliphatic carbocycles. The molecular formula is C14H8INO3S. The van der Waals surface area contributed by atoms with Crippen LogP contribution in [0.3, 0.4) is 0 Å². The van der Waals surface area contributed by atoms with E-state index in [1.807, 2.05) is 24.3 Å². The number of carboxylic acid groups (broad SMARTS) is 1. The van der Waals surface area contributed by atoms with E-state index in [1.54, 1.807) is 12.1 Å². The van der Waals surface area contributed by atoms with E-state index in [-0.39, 0.29) is 5.56 Å². The van der Waals surface area contributed by atoms with Crippen LogP contribution in [0.5, 0.6) is 10.9 Å². The van der Waals surface area contributed by atoms with E-state index >= 15 is 0 Å². The topological polar surface area (TPSA) is 59.4 Å². The lowest BCUT2D eigenvalue weighted by molar-refractivity contribution is 0.0696. The number of para-hydroxylation sites is 1. The number of nitrogens with zero attached hydrogens (tertiary/aromatic N) is 1. The number of fused-ring (bicyclic) bond motifs is 1. The van der Waals surface area contributed by atoms with Gasteiger partial charge in [-0.25, -0.2) is 9.78 Å². The average molecular weight is 397 g/mol. The van der Waals surface area contributed by atoms with Crippen LogP contribution in [0.4, 0.5) is 0 Å². The number of hydrogen-bond donors (Lipinski definition) is 1. The van der Waals surface area contributed by atoms with Gasteiger partial charge in [-0.15, -0.1) is 0 Å². The third-order valence-corrected chi connectivity index (χ3v) is 4.46. The van der Waals surface area contributed by atoms with E-state index in [0.717, 1.165) is 13.8 Å². The van der Waals surface area contributed by atoms with E-state index in [2.05, 4.69) is 27.6 Å². The SMILES string of the molecule is O=C(O)c1ccc(I)c(Oc2nc3ccccc3s2)c1. The van der Waals surface area contributed by atoms with Gasteiger partial charge in [-0.05, 0) is 52.9 Å². The molecule has 20 heavy (non-hydrogen) atoms. The summed E-state index contributed by atoms with van der Waals surface area (Å²) in [5.41, 5.74) is 1.07. The van der Waals surface area contributed by atoms with Crippen LogP contribution in [0.25, 0.3) is 10.2 Å². The summed E-state index contributed by atoms with van der Waals surface area (Å²) < 4.78 is 7.60. The highest BCUT2D eigenvalue weighted by Gasteiger charge is 2.11. The molecule has 0 radical (unpaired) electrons. The van der Waals surface area contributed by atoms with Crippen molar-refractivity contribution in [2.24, 2.45) is 0 Å². The standard InChI is InChI=1S/C14H8INO3S/c15-9-6-5-8(13(17)18)7-11(9)19-14-16-10-3-1-2-4-12(10)20-14/h1-7H,(H,17,18). The Labute approximate surface area is 132 Å². The Morgan fingerprint density at radius 2 is 2.05 bits per heavy atom. The van der Waals surface area contributed by atoms with Crippen LogP contribution >= 0.6 is 33.9 Å². The van der Waals surface area contributed by atoms with E-state index in [4.69, 9.17) is 9.84 Å². The zero-order valence-electron chi connectivity index (χ0n) is 10.0. The normalized spacial score (nSPS) is 10.7. The number of rotatable bonds is 3. The number of hydrogen-bond acceptors (Lipinski definition) is 4. The van der Waals surface area contributed by atoms with Crippen LogP contribution in [-0.2, 0) is 0 Å². The molecule has 1 N–H and O–H groups in total. The lowest BCUT2D eigenvalue weighted by Gasteiger charge is -2.05. The summed E-state index contributed by atoms with van der Waals surface area (Å²) in [6.07, 6.45) is 0. The maximum absolute atomic E-state index is 11.0. The van der Waals surface area contributed by atoms with Crippen molar-refractivity contribution in [3.05, 3.63) is 51.6 Å². The van der Waals surface area contributed by atoms with Gasteiger partial charge in [-0.1, -0.05) is 23.5 Å². The van der Waals surface area contributed by atoms with Crippen molar-refractivity contribution in [2.75, 3.05) is 0 Å². The molecule has 0 aliphatic heterocycles. The summed E-state index contributed by atoms with van der Waals surface area (Å²) >= 11 is 3.54. The fourth-order valence-corrected chi connectivity index (χ4v) is 2.98.